The molecule has 0 fully saturated rings. The van der Waals surface area contributed by atoms with Gasteiger partial charge in [0.25, 0.3) is 0 Å². The molecule has 0 saturated heterocycles. The van der Waals surface area contributed by atoms with Crippen molar-refractivity contribution in [2.45, 2.75) is 40.2 Å². The first kappa shape index (κ1) is 15.0. The molecule has 0 atom stereocenters. The van der Waals surface area contributed by atoms with Gasteiger partial charge >= 0.3 is 12.0 Å². The normalized spacial score (nSPS) is 11.0. The zero-order valence-electron chi connectivity index (χ0n) is 11.8. The molecule has 19 heavy (non-hydrogen) atoms. The molecule has 0 aliphatic rings. The lowest BCUT2D eigenvalue weighted by Gasteiger charge is -2.20. The number of hydrogen-bond acceptors (Lipinski definition) is 5. The minimum Gasteiger partial charge on any atom is -0.462 e. The highest BCUT2D eigenvalue weighted by Gasteiger charge is 2.24. The quantitative estimate of drug-likeness (QED) is 0.819. The lowest BCUT2D eigenvalue weighted by Crippen LogP contribution is -2.43. The van der Waals surface area contributed by atoms with E-state index in [0.717, 1.165) is 0 Å². The molecule has 2 amide bonds. The van der Waals surface area contributed by atoms with Gasteiger partial charge in [0.1, 0.15) is 5.56 Å². The molecule has 106 valence electrons. The van der Waals surface area contributed by atoms with Crippen molar-refractivity contribution < 1.29 is 18.8 Å². The van der Waals surface area contributed by atoms with Crippen LogP contribution in [0.1, 0.15) is 43.7 Å². The SMILES string of the molecule is CCOC(=O)c1c(C)noc1NC(=O)NC(C)(C)C. The first-order chi connectivity index (χ1) is 8.74. The largest absolute Gasteiger partial charge is 0.462 e. The predicted molar refractivity (Wildman–Crippen MR) is 69.1 cm³/mol. The molecule has 0 aliphatic carbocycles. The van der Waals surface area contributed by atoms with Crippen molar-refractivity contribution in [3.8, 4) is 0 Å². The Morgan fingerprint density at radius 2 is 2.00 bits per heavy atom. The van der Waals surface area contributed by atoms with Gasteiger partial charge in [-0.05, 0) is 34.6 Å². The van der Waals surface area contributed by atoms with Gasteiger partial charge in [-0.15, -0.1) is 0 Å². The summed E-state index contributed by atoms with van der Waals surface area (Å²) in [6.45, 7) is 9.04. The molecule has 0 unspecified atom stereocenters. The summed E-state index contributed by atoms with van der Waals surface area (Å²) < 4.78 is 9.80. The van der Waals surface area contributed by atoms with E-state index in [9.17, 15) is 9.59 Å². The minimum atomic E-state index is -0.577. The van der Waals surface area contributed by atoms with Gasteiger partial charge in [-0.3, -0.25) is 5.32 Å². The Morgan fingerprint density at radius 3 is 2.53 bits per heavy atom. The summed E-state index contributed by atoms with van der Waals surface area (Å²) in [4.78, 5) is 23.4. The Bertz CT molecular complexity index is 474. The van der Waals surface area contributed by atoms with Crippen LogP contribution in [0.3, 0.4) is 0 Å². The summed E-state index contributed by atoms with van der Waals surface area (Å²) in [5.41, 5.74) is 0.0962. The zero-order chi connectivity index (χ0) is 14.6. The second kappa shape index (κ2) is 5.73. The Balaban J connectivity index is 2.85. The van der Waals surface area contributed by atoms with Crippen LogP contribution in [-0.4, -0.2) is 29.3 Å². The number of urea groups is 1. The van der Waals surface area contributed by atoms with Gasteiger partial charge in [-0.25, -0.2) is 9.59 Å². The van der Waals surface area contributed by atoms with Crippen molar-refractivity contribution in [1.82, 2.24) is 10.5 Å². The van der Waals surface area contributed by atoms with Crippen molar-refractivity contribution in [3.05, 3.63) is 11.3 Å². The highest BCUT2D eigenvalue weighted by atomic mass is 16.5. The van der Waals surface area contributed by atoms with E-state index in [0.29, 0.717) is 5.69 Å². The standard InChI is InChI=1S/C12H19N3O4/c1-6-18-10(16)8-7(2)15-19-9(8)13-11(17)14-12(3,4)5/h6H2,1-5H3,(H2,13,14,17). The smallest absolute Gasteiger partial charge is 0.345 e. The lowest BCUT2D eigenvalue weighted by atomic mass is 10.1. The van der Waals surface area contributed by atoms with E-state index in [1.807, 2.05) is 20.8 Å². The average Bonchev–Trinajstić information content (AvgIpc) is 2.57. The van der Waals surface area contributed by atoms with Crippen LogP contribution in [0, 0.1) is 6.92 Å². The van der Waals surface area contributed by atoms with Gasteiger partial charge in [-0.1, -0.05) is 5.16 Å². The van der Waals surface area contributed by atoms with Crippen molar-refractivity contribution in [1.29, 1.82) is 0 Å². The average molecular weight is 269 g/mol. The molecule has 1 heterocycles. The predicted octanol–water partition coefficient (Wildman–Crippen LogP) is 2.08. The number of ether oxygens (including phenoxy) is 1. The van der Waals surface area contributed by atoms with Gasteiger partial charge in [0.15, 0.2) is 0 Å². The second-order valence-corrected chi connectivity index (χ2v) is 5.02. The van der Waals surface area contributed by atoms with Crippen molar-refractivity contribution in [2.24, 2.45) is 0 Å². The van der Waals surface area contributed by atoms with Gasteiger partial charge in [0, 0.05) is 5.54 Å². The maximum atomic E-state index is 11.7. The fourth-order valence-corrected chi connectivity index (χ4v) is 1.37. The molecular weight excluding hydrogens is 250 g/mol. The number of nitrogens with one attached hydrogen (secondary N) is 2. The number of esters is 1. The van der Waals surface area contributed by atoms with Crippen LogP contribution in [-0.2, 0) is 4.74 Å². The number of aryl methyl sites for hydroxylation is 1. The third-order valence-electron chi connectivity index (χ3n) is 2.06. The first-order valence-corrected chi connectivity index (χ1v) is 5.97. The van der Waals surface area contributed by atoms with Crippen LogP contribution in [0.4, 0.5) is 10.7 Å². The molecule has 0 saturated carbocycles. The fraction of sp³-hybridized carbons (Fsp3) is 0.583. The highest BCUT2D eigenvalue weighted by Crippen LogP contribution is 2.20. The summed E-state index contributed by atoms with van der Waals surface area (Å²) in [5, 5.41) is 8.78. The van der Waals surface area contributed by atoms with Crippen molar-refractivity contribution in [2.75, 3.05) is 11.9 Å². The molecule has 7 heteroatoms. The molecule has 0 bridgehead atoms. The number of carbonyl (C=O) groups excluding carboxylic acids is 2. The topological polar surface area (TPSA) is 93.5 Å². The molecule has 1 aromatic heterocycles. The summed E-state index contributed by atoms with van der Waals surface area (Å²) in [6, 6.07) is -0.478. The van der Waals surface area contributed by atoms with E-state index in [1.165, 1.54) is 0 Å². The number of amides is 2. The molecule has 0 aromatic carbocycles. The van der Waals surface area contributed by atoms with E-state index in [-0.39, 0.29) is 18.1 Å². The highest BCUT2D eigenvalue weighted by molar-refractivity contribution is 6.00. The number of hydrogen-bond donors (Lipinski definition) is 2. The second-order valence-electron chi connectivity index (χ2n) is 5.02. The monoisotopic (exact) mass is 269 g/mol. The maximum Gasteiger partial charge on any atom is 0.345 e. The Morgan fingerprint density at radius 1 is 1.37 bits per heavy atom. The van der Waals surface area contributed by atoms with E-state index in [1.54, 1.807) is 13.8 Å². The van der Waals surface area contributed by atoms with Crippen LogP contribution >= 0.6 is 0 Å². The van der Waals surface area contributed by atoms with Gasteiger partial charge in [0.2, 0.25) is 5.88 Å². The van der Waals surface area contributed by atoms with E-state index < -0.39 is 17.5 Å². The first-order valence-electron chi connectivity index (χ1n) is 5.97. The molecule has 0 aliphatic heterocycles. The summed E-state index contributed by atoms with van der Waals surface area (Å²) in [6.07, 6.45) is 0. The fourth-order valence-electron chi connectivity index (χ4n) is 1.37. The van der Waals surface area contributed by atoms with Crippen LogP contribution in [0.2, 0.25) is 0 Å². The lowest BCUT2D eigenvalue weighted by molar-refractivity contribution is 0.0526. The van der Waals surface area contributed by atoms with Gasteiger partial charge in [0.05, 0.1) is 12.3 Å². The molecular formula is C12H19N3O4. The van der Waals surface area contributed by atoms with Crippen LogP contribution in [0.5, 0.6) is 0 Å². The zero-order valence-corrected chi connectivity index (χ0v) is 11.8. The maximum absolute atomic E-state index is 11.7. The number of carbonyl (C=O) groups is 2. The number of anilines is 1. The minimum absolute atomic E-state index is 0.0160. The van der Waals surface area contributed by atoms with Crippen molar-refractivity contribution >= 4 is 17.9 Å². The molecule has 0 spiro atoms. The molecule has 7 nitrogen and oxygen atoms in total. The third-order valence-corrected chi connectivity index (χ3v) is 2.06. The Hall–Kier alpha value is -2.05. The van der Waals surface area contributed by atoms with Crippen molar-refractivity contribution in [3.63, 3.8) is 0 Å². The van der Waals surface area contributed by atoms with Gasteiger partial charge < -0.3 is 14.6 Å². The van der Waals surface area contributed by atoms with E-state index in [2.05, 4.69) is 15.8 Å². The Labute approximate surface area is 111 Å². The van der Waals surface area contributed by atoms with Gasteiger partial charge in [-0.2, -0.15) is 0 Å². The van der Waals surface area contributed by atoms with Crippen LogP contribution in [0.25, 0.3) is 0 Å². The van der Waals surface area contributed by atoms with Crippen LogP contribution < -0.4 is 10.6 Å². The molecule has 1 aromatic rings. The van der Waals surface area contributed by atoms with E-state index in [4.69, 9.17) is 9.26 Å². The number of rotatable bonds is 3. The summed E-state index contributed by atoms with van der Waals surface area (Å²) >= 11 is 0. The van der Waals surface area contributed by atoms with Crippen LogP contribution in [0.15, 0.2) is 4.52 Å². The number of nitrogens with zero attached hydrogens (tertiary/aromatic N) is 1. The molecule has 0 radical (unpaired) electrons. The summed E-state index contributed by atoms with van der Waals surface area (Å²) in [7, 11) is 0. The third kappa shape index (κ3) is 4.27. The number of aromatic nitrogens is 1. The molecule has 2 N–H and O–H groups in total. The Kier molecular flexibility index (Phi) is 4.52. The molecule has 1 rings (SSSR count). The summed E-state index contributed by atoms with van der Waals surface area (Å²) in [5.74, 6) is -0.593. The van der Waals surface area contributed by atoms with E-state index >= 15 is 0 Å².